The number of aromatic nitrogens is 1. The van der Waals surface area contributed by atoms with E-state index in [1.54, 1.807) is 6.07 Å². The number of anilines is 2. The molecule has 1 saturated heterocycles. The summed E-state index contributed by atoms with van der Waals surface area (Å²) in [7, 11) is 2.13. The molecule has 1 aliphatic heterocycles. The summed E-state index contributed by atoms with van der Waals surface area (Å²) < 4.78 is 0. The molecule has 11 nitrogen and oxygen atoms in total. The van der Waals surface area contributed by atoms with Crippen LogP contribution >= 0.6 is 0 Å². The van der Waals surface area contributed by atoms with Crippen LogP contribution in [0.5, 0.6) is 0 Å². The van der Waals surface area contributed by atoms with Gasteiger partial charge in [-0.3, -0.25) is 19.2 Å². The molecule has 0 radical (unpaired) electrons. The third-order valence-corrected chi connectivity index (χ3v) is 5.30. The van der Waals surface area contributed by atoms with Gasteiger partial charge in [0.05, 0.1) is 11.9 Å². The fourth-order valence-corrected chi connectivity index (χ4v) is 3.34. The Morgan fingerprint density at radius 2 is 1.59 bits per heavy atom. The maximum atomic E-state index is 11.8. The van der Waals surface area contributed by atoms with Crippen molar-refractivity contribution in [2.75, 3.05) is 43.4 Å². The van der Waals surface area contributed by atoms with Gasteiger partial charge in [0.1, 0.15) is 5.82 Å². The molecule has 0 aliphatic carbocycles. The molecule has 3 amide bonds. The number of carboxylic acid groups (broad SMARTS) is 1. The summed E-state index contributed by atoms with van der Waals surface area (Å²) in [6.45, 7) is 6.03. The Morgan fingerprint density at radius 1 is 0.971 bits per heavy atom. The zero-order valence-corrected chi connectivity index (χ0v) is 19.5. The minimum atomic E-state index is -0.977. The van der Waals surface area contributed by atoms with Crippen LogP contribution in [0.15, 0.2) is 24.3 Å². The Bertz CT molecular complexity index is 1040. The summed E-state index contributed by atoms with van der Waals surface area (Å²) in [5.41, 5.74) is 12.0. The molecule has 1 fully saturated rings. The average Bonchev–Trinajstić information content (AvgIpc) is 2.77. The van der Waals surface area contributed by atoms with E-state index in [0.29, 0.717) is 5.69 Å². The molecular formula is C23H32N6O5. The molecule has 0 spiro atoms. The zero-order chi connectivity index (χ0) is 25.3. The maximum absolute atomic E-state index is 11.8. The topological polar surface area (TPSA) is 172 Å². The van der Waals surface area contributed by atoms with Gasteiger partial charge in [-0.05, 0) is 43.8 Å². The number of amides is 3. The SMILES string of the molecule is Cc1cc(N2CCN(C)CC2)nc2ccc(NC(=O)CCC(=O)O)cc12.NC(=O)CCC(N)=O. The quantitative estimate of drug-likeness (QED) is 0.437. The van der Waals surface area contributed by atoms with Gasteiger partial charge < -0.3 is 31.7 Å². The summed E-state index contributed by atoms with van der Waals surface area (Å²) in [6, 6.07) is 7.68. The standard InChI is InChI=1S/C19H24N4O3.C4H8N2O2/c1-13-11-17(23-9-7-22(2)8-10-23)21-16-4-3-14(12-15(13)16)20-18(24)5-6-19(25)26;5-3(7)1-2-4(6)8/h3-4,11-12H,5-10H2,1-2H3,(H,20,24)(H,25,26);1-2H2,(H2,5,7)(H2,6,8). The van der Waals surface area contributed by atoms with Crippen LogP contribution in [0.1, 0.15) is 31.2 Å². The lowest BCUT2D eigenvalue weighted by Gasteiger charge is -2.33. The molecule has 11 heteroatoms. The van der Waals surface area contributed by atoms with Crippen molar-refractivity contribution in [3.05, 3.63) is 29.8 Å². The van der Waals surface area contributed by atoms with E-state index < -0.39 is 17.8 Å². The highest BCUT2D eigenvalue weighted by atomic mass is 16.4. The molecular weight excluding hydrogens is 440 g/mol. The Kier molecular flexibility index (Phi) is 9.75. The van der Waals surface area contributed by atoms with Crippen molar-refractivity contribution in [1.82, 2.24) is 9.88 Å². The normalized spacial score (nSPS) is 13.6. The van der Waals surface area contributed by atoms with Gasteiger partial charge in [-0.2, -0.15) is 0 Å². The van der Waals surface area contributed by atoms with Crippen LogP contribution in [0.3, 0.4) is 0 Å². The van der Waals surface area contributed by atoms with Crippen LogP contribution in [0, 0.1) is 6.92 Å². The first-order valence-corrected chi connectivity index (χ1v) is 11.0. The summed E-state index contributed by atoms with van der Waals surface area (Å²) in [4.78, 5) is 51.6. The summed E-state index contributed by atoms with van der Waals surface area (Å²) in [5.74, 6) is -1.28. The zero-order valence-electron chi connectivity index (χ0n) is 19.5. The van der Waals surface area contributed by atoms with Crippen LogP contribution in [0.4, 0.5) is 11.5 Å². The van der Waals surface area contributed by atoms with Crippen molar-refractivity contribution in [3.8, 4) is 0 Å². The molecule has 1 aromatic carbocycles. The number of nitrogens with two attached hydrogens (primary N) is 2. The van der Waals surface area contributed by atoms with E-state index in [9.17, 15) is 19.2 Å². The predicted molar refractivity (Wildman–Crippen MR) is 129 cm³/mol. The number of nitrogens with zero attached hydrogens (tertiary/aromatic N) is 3. The van der Waals surface area contributed by atoms with Crippen molar-refractivity contribution >= 4 is 46.1 Å². The number of piperazine rings is 1. The molecule has 6 N–H and O–H groups in total. The number of pyridine rings is 1. The lowest BCUT2D eigenvalue weighted by Crippen LogP contribution is -2.44. The number of aryl methyl sites for hydroxylation is 1. The molecule has 2 heterocycles. The van der Waals surface area contributed by atoms with Gasteiger partial charge in [0, 0.05) is 56.5 Å². The maximum Gasteiger partial charge on any atom is 0.303 e. The summed E-state index contributed by atoms with van der Waals surface area (Å²) in [6.07, 6.45) is -0.105. The van der Waals surface area contributed by atoms with E-state index in [1.165, 1.54) is 0 Å². The first-order valence-electron chi connectivity index (χ1n) is 11.0. The van der Waals surface area contributed by atoms with Gasteiger partial charge in [-0.1, -0.05) is 0 Å². The van der Waals surface area contributed by atoms with E-state index in [1.807, 2.05) is 19.1 Å². The molecule has 184 valence electrons. The second-order valence-electron chi connectivity index (χ2n) is 8.19. The van der Waals surface area contributed by atoms with Crippen LogP contribution < -0.4 is 21.7 Å². The number of carbonyl (C=O) groups excluding carboxylic acids is 3. The molecule has 3 rings (SSSR count). The minimum Gasteiger partial charge on any atom is -0.481 e. The third-order valence-electron chi connectivity index (χ3n) is 5.30. The number of likely N-dealkylation sites (N-methyl/N-ethyl adjacent to an activating group) is 1. The lowest BCUT2D eigenvalue weighted by molar-refractivity contribution is -0.138. The van der Waals surface area contributed by atoms with Gasteiger partial charge in [0.25, 0.3) is 0 Å². The molecule has 1 aliphatic rings. The van der Waals surface area contributed by atoms with Gasteiger partial charge in [-0.25, -0.2) is 4.98 Å². The number of carboxylic acids is 1. The number of rotatable bonds is 8. The van der Waals surface area contributed by atoms with Crippen molar-refractivity contribution in [2.24, 2.45) is 11.5 Å². The third kappa shape index (κ3) is 8.66. The molecule has 0 atom stereocenters. The molecule has 1 aromatic heterocycles. The number of primary amides is 2. The largest absolute Gasteiger partial charge is 0.481 e. The fourth-order valence-electron chi connectivity index (χ4n) is 3.34. The van der Waals surface area contributed by atoms with Gasteiger partial charge >= 0.3 is 5.97 Å². The first kappa shape index (κ1) is 26.5. The van der Waals surface area contributed by atoms with Crippen LogP contribution in [0.2, 0.25) is 0 Å². The number of benzene rings is 1. The van der Waals surface area contributed by atoms with E-state index in [-0.39, 0.29) is 31.6 Å². The molecule has 0 bridgehead atoms. The number of carbonyl (C=O) groups is 4. The number of fused-ring (bicyclic) bond motifs is 1. The second kappa shape index (κ2) is 12.5. The molecule has 2 aromatic rings. The Balaban J connectivity index is 0.000000440. The van der Waals surface area contributed by atoms with E-state index >= 15 is 0 Å². The van der Waals surface area contributed by atoms with Crippen molar-refractivity contribution in [3.63, 3.8) is 0 Å². The molecule has 34 heavy (non-hydrogen) atoms. The van der Waals surface area contributed by atoms with Crippen molar-refractivity contribution in [2.45, 2.75) is 32.6 Å². The van der Waals surface area contributed by atoms with Gasteiger partial charge in [-0.15, -0.1) is 0 Å². The number of hydrogen-bond acceptors (Lipinski definition) is 7. The highest BCUT2D eigenvalue weighted by molar-refractivity contribution is 5.95. The molecule has 0 unspecified atom stereocenters. The monoisotopic (exact) mass is 472 g/mol. The van der Waals surface area contributed by atoms with E-state index in [4.69, 9.17) is 21.6 Å². The summed E-state index contributed by atoms with van der Waals surface area (Å²) in [5, 5.41) is 12.4. The van der Waals surface area contributed by atoms with Crippen molar-refractivity contribution < 1.29 is 24.3 Å². The van der Waals surface area contributed by atoms with Crippen LogP contribution in [-0.2, 0) is 19.2 Å². The highest BCUT2D eigenvalue weighted by Gasteiger charge is 2.16. The predicted octanol–water partition coefficient (Wildman–Crippen LogP) is 0.836. The smallest absolute Gasteiger partial charge is 0.303 e. The lowest BCUT2D eigenvalue weighted by atomic mass is 10.1. The van der Waals surface area contributed by atoms with Crippen LogP contribution in [0.25, 0.3) is 10.9 Å². The number of aliphatic carboxylic acids is 1. The minimum absolute atomic E-state index is 0.0348. The van der Waals surface area contributed by atoms with Crippen LogP contribution in [-0.4, -0.2) is 71.9 Å². The average molecular weight is 473 g/mol. The number of hydrogen-bond donors (Lipinski definition) is 4. The Hall–Kier alpha value is -3.73. The Morgan fingerprint density at radius 3 is 2.15 bits per heavy atom. The summed E-state index contributed by atoms with van der Waals surface area (Å²) >= 11 is 0. The molecule has 0 saturated carbocycles. The van der Waals surface area contributed by atoms with E-state index in [2.05, 4.69) is 28.2 Å². The van der Waals surface area contributed by atoms with Crippen molar-refractivity contribution in [1.29, 1.82) is 0 Å². The fraction of sp³-hybridized carbons (Fsp3) is 0.435. The Labute approximate surface area is 198 Å². The van der Waals surface area contributed by atoms with Gasteiger partial charge in [0.2, 0.25) is 17.7 Å². The van der Waals surface area contributed by atoms with Gasteiger partial charge in [0.15, 0.2) is 0 Å². The van der Waals surface area contributed by atoms with E-state index in [0.717, 1.165) is 48.5 Å². The first-order chi connectivity index (χ1) is 16.0. The highest BCUT2D eigenvalue weighted by Crippen LogP contribution is 2.26. The second-order valence-corrected chi connectivity index (χ2v) is 8.19. The number of nitrogens with one attached hydrogen (secondary N) is 1.